The van der Waals surface area contributed by atoms with Crippen LogP contribution in [0.3, 0.4) is 0 Å². The van der Waals surface area contributed by atoms with Gasteiger partial charge >= 0.3 is 12.1 Å². The first-order valence-corrected chi connectivity index (χ1v) is 13.9. The Morgan fingerprint density at radius 1 is 1.02 bits per heavy atom. The highest BCUT2D eigenvalue weighted by Gasteiger charge is 2.28. The maximum Gasteiger partial charge on any atom is 0.407 e. The molecule has 1 unspecified atom stereocenters. The Morgan fingerprint density at radius 3 is 2.27 bits per heavy atom. The minimum Gasteiger partial charge on any atom is -0.465 e. The van der Waals surface area contributed by atoms with Crippen molar-refractivity contribution < 1.29 is 24.2 Å². The standard InChI is InChI=1S/C32H37ClN2O5/c1-32(2,3)40-31(38)34-20-21-5-14-27(22-6-10-25(33)11-7-22)28(19-21)29(36)23-15-17-35(18-16-23)26-12-8-24(9-13-26)30(37)39-4/h5-14,19,23,29,36H,15-18,20H2,1-4H3,(H,34,38). The van der Waals surface area contributed by atoms with Gasteiger partial charge in [0.2, 0.25) is 0 Å². The van der Waals surface area contributed by atoms with Crippen molar-refractivity contribution in [1.82, 2.24) is 5.32 Å². The number of hydrogen-bond donors (Lipinski definition) is 2. The van der Waals surface area contributed by atoms with Crippen molar-refractivity contribution in [1.29, 1.82) is 0 Å². The summed E-state index contributed by atoms with van der Waals surface area (Å²) in [6.07, 6.45) is 0.445. The summed E-state index contributed by atoms with van der Waals surface area (Å²) in [7, 11) is 1.37. The molecular formula is C32H37ClN2O5. The highest BCUT2D eigenvalue weighted by atomic mass is 35.5. The molecule has 3 aromatic carbocycles. The largest absolute Gasteiger partial charge is 0.465 e. The summed E-state index contributed by atoms with van der Waals surface area (Å²) < 4.78 is 10.2. The van der Waals surface area contributed by atoms with E-state index in [1.54, 1.807) is 12.1 Å². The van der Waals surface area contributed by atoms with Crippen LogP contribution in [0.25, 0.3) is 11.1 Å². The van der Waals surface area contributed by atoms with Gasteiger partial charge in [0.15, 0.2) is 0 Å². The molecule has 0 spiro atoms. The van der Waals surface area contributed by atoms with Gasteiger partial charge < -0.3 is 24.8 Å². The van der Waals surface area contributed by atoms with Crippen molar-refractivity contribution in [2.24, 2.45) is 5.92 Å². The molecule has 2 N–H and O–H groups in total. The summed E-state index contributed by atoms with van der Waals surface area (Å²) in [6.45, 7) is 7.33. The number of ether oxygens (including phenoxy) is 2. The van der Waals surface area contributed by atoms with E-state index in [9.17, 15) is 14.7 Å². The zero-order chi connectivity index (χ0) is 28.9. The number of aliphatic hydroxyl groups excluding tert-OH is 1. The third-order valence-corrected chi connectivity index (χ3v) is 7.32. The summed E-state index contributed by atoms with van der Waals surface area (Å²) in [5.74, 6) is -0.292. The van der Waals surface area contributed by atoms with Crippen molar-refractivity contribution >= 4 is 29.4 Å². The lowest BCUT2D eigenvalue weighted by Gasteiger charge is -2.36. The molecule has 1 aliphatic heterocycles. The number of methoxy groups -OCH3 is 1. The first-order valence-electron chi connectivity index (χ1n) is 13.5. The molecule has 1 heterocycles. The Labute approximate surface area is 241 Å². The molecule has 1 amide bonds. The van der Waals surface area contributed by atoms with Crippen molar-refractivity contribution in [2.75, 3.05) is 25.1 Å². The monoisotopic (exact) mass is 564 g/mol. The van der Waals surface area contributed by atoms with Gasteiger partial charge in [-0.3, -0.25) is 0 Å². The minimum absolute atomic E-state index is 0.0608. The average Bonchev–Trinajstić information content (AvgIpc) is 2.95. The predicted octanol–water partition coefficient (Wildman–Crippen LogP) is 6.77. The van der Waals surface area contributed by atoms with Gasteiger partial charge in [0.25, 0.3) is 0 Å². The van der Waals surface area contributed by atoms with Crippen LogP contribution in [0.4, 0.5) is 10.5 Å². The van der Waals surface area contributed by atoms with E-state index in [0.717, 1.165) is 53.9 Å². The molecule has 0 aromatic heterocycles. The SMILES string of the molecule is COC(=O)c1ccc(N2CCC(C(O)c3cc(CNC(=O)OC(C)(C)C)ccc3-c3ccc(Cl)cc3)CC2)cc1. The number of esters is 1. The molecule has 0 aliphatic carbocycles. The first kappa shape index (κ1) is 29.4. The van der Waals surface area contributed by atoms with E-state index >= 15 is 0 Å². The van der Waals surface area contributed by atoms with E-state index < -0.39 is 17.8 Å². The normalized spacial score (nSPS) is 14.9. The van der Waals surface area contributed by atoms with Crippen LogP contribution >= 0.6 is 11.6 Å². The molecule has 3 aromatic rings. The fourth-order valence-electron chi connectivity index (χ4n) is 5.00. The van der Waals surface area contributed by atoms with E-state index in [-0.39, 0.29) is 18.4 Å². The Morgan fingerprint density at radius 2 is 1.68 bits per heavy atom. The van der Waals surface area contributed by atoms with Crippen LogP contribution in [0.15, 0.2) is 66.7 Å². The van der Waals surface area contributed by atoms with Crippen molar-refractivity contribution in [3.05, 3.63) is 88.4 Å². The summed E-state index contributed by atoms with van der Waals surface area (Å²) in [4.78, 5) is 26.2. The van der Waals surface area contributed by atoms with Crippen LogP contribution < -0.4 is 10.2 Å². The lowest BCUT2D eigenvalue weighted by molar-refractivity contribution is 0.0522. The molecule has 0 saturated carbocycles. The smallest absolute Gasteiger partial charge is 0.407 e. The van der Waals surface area contributed by atoms with E-state index in [4.69, 9.17) is 21.1 Å². The number of carbonyl (C=O) groups is 2. The lowest BCUT2D eigenvalue weighted by atomic mass is 9.83. The highest BCUT2D eigenvalue weighted by molar-refractivity contribution is 6.30. The topological polar surface area (TPSA) is 88.1 Å². The molecule has 8 heteroatoms. The number of rotatable bonds is 7. The molecule has 0 radical (unpaired) electrons. The second-order valence-electron chi connectivity index (χ2n) is 11.1. The van der Waals surface area contributed by atoms with E-state index in [1.165, 1.54) is 7.11 Å². The summed E-state index contributed by atoms with van der Waals surface area (Å²) in [5, 5.41) is 15.1. The van der Waals surface area contributed by atoms with Crippen molar-refractivity contribution in [3.8, 4) is 11.1 Å². The molecule has 7 nitrogen and oxygen atoms in total. The van der Waals surface area contributed by atoms with E-state index in [2.05, 4.69) is 10.2 Å². The van der Waals surface area contributed by atoms with Gasteiger partial charge in [-0.05, 0) is 98.2 Å². The number of alkyl carbamates (subject to hydrolysis) is 1. The fourth-order valence-corrected chi connectivity index (χ4v) is 5.13. The lowest BCUT2D eigenvalue weighted by Crippen LogP contribution is -2.35. The van der Waals surface area contributed by atoms with Gasteiger partial charge in [-0.15, -0.1) is 0 Å². The van der Waals surface area contributed by atoms with Crippen LogP contribution in [-0.4, -0.2) is 43.0 Å². The van der Waals surface area contributed by atoms with Crippen LogP contribution in [0.2, 0.25) is 5.02 Å². The zero-order valence-corrected chi connectivity index (χ0v) is 24.2. The number of benzene rings is 3. The van der Waals surface area contributed by atoms with E-state index in [0.29, 0.717) is 10.6 Å². The molecular weight excluding hydrogens is 528 g/mol. The molecule has 212 valence electrons. The second-order valence-corrected chi connectivity index (χ2v) is 11.5. The van der Waals surface area contributed by atoms with Crippen LogP contribution in [0.1, 0.15) is 61.2 Å². The van der Waals surface area contributed by atoms with Gasteiger partial charge in [-0.25, -0.2) is 9.59 Å². The van der Waals surface area contributed by atoms with Crippen LogP contribution in [0, 0.1) is 5.92 Å². The van der Waals surface area contributed by atoms with Gasteiger partial charge in [0.05, 0.1) is 18.8 Å². The second kappa shape index (κ2) is 12.7. The summed E-state index contributed by atoms with van der Waals surface area (Å²) >= 11 is 6.13. The van der Waals surface area contributed by atoms with Crippen LogP contribution in [-0.2, 0) is 16.0 Å². The van der Waals surface area contributed by atoms with Gasteiger partial charge in [-0.1, -0.05) is 41.9 Å². The quantitative estimate of drug-likeness (QED) is 0.308. The number of piperidine rings is 1. The summed E-state index contributed by atoms with van der Waals surface area (Å²) in [5.41, 5.74) is 4.58. The number of amides is 1. The molecule has 1 saturated heterocycles. The number of nitrogens with one attached hydrogen (secondary N) is 1. The molecule has 1 fully saturated rings. The van der Waals surface area contributed by atoms with Crippen molar-refractivity contribution in [2.45, 2.75) is 51.9 Å². The Balaban J connectivity index is 1.50. The predicted molar refractivity (Wildman–Crippen MR) is 158 cm³/mol. The maximum atomic E-state index is 12.2. The maximum absolute atomic E-state index is 12.2. The third kappa shape index (κ3) is 7.55. The van der Waals surface area contributed by atoms with Crippen LogP contribution in [0.5, 0.6) is 0 Å². The number of nitrogens with zero attached hydrogens (tertiary/aromatic N) is 1. The number of carbonyl (C=O) groups excluding carboxylic acids is 2. The number of anilines is 1. The summed E-state index contributed by atoms with van der Waals surface area (Å²) in [6, 6.07) is 20.9. The first-order chi connectivity index (χ1) is 19.0. The molecule has 1 aliphatic rings. The fraction of sp³-hybridized carbons (Fsp3) is 0.375. The average molecular weight is 565 g/mol. The van der Waals surface area contributed by atoms with E-state index in [1.807, 2.05) is 75.4 Å². The van der Waals surface area contributed by atoms with Crippen molar-refractivity contribution in [3.63, 3.8) is 0 Å². The highest BCUT2D eigenvalue weighted by Crippen LogP contribution is 2.38. The number of halogens is 1. The molecule has 4 rings (SSSR count). The third-order valence-electron chi connectivity index (χ3n) is 7.07. The van der Waals surface area contributed by atoms with Gasteiger partial charge in [-0.2, -0.15) is 0 Å². The Kier molecular flexibility index (Phi) is 9.38. The minimum atomic E-state index is -0.684. The Hall–Kier alpha value is -3.55. The number of aliphatic hydroxyl groups is 1. The molecule has 1 atom stereocenters. The Bertz CT molecular complexity index is 1310. The van der Waals surface area contributed by atoms with Gasteiger partial charge in [0, 0.05) is 30.3 Å². The molecule has 0 bridgehead atoms. The zero-order valence-electron chi connectivity index (χ0n) is 23.4. The number of hydrogen-bond acceptors (Lipinski definition) is 6. The molecule has 40 heavy (non-hydrogen) atoms. The van der Waals surface area contributed by atoms with Gasteiger partial charge in [0.1, 0.15) is 5.60 Å².